The monoisotopic (exact) mass is 511 g/mol. The van der Waals surface area contributed by atoms with Gasteiger partial charge in [-0.05, 0) is 91.5 Å². The van der Waals surface area contributed by atoms with Crippen LogP contribution in [0.5, 0.6) is 0 Å². The highest BCUT2D eigenvalue weighted by Crippen LogP contribution is 2.31. The highest BCUT2D eigenvalue weighted by atomic mass is 19.4. The summed E-state index contributed by atoms with van der Waals surface area (Å²) < 4.78 is 53.2. The van der Waals surface area contributed by atoms with E-state index in [0.29, 0.717) is 23.0 Å². The molecule has 192 valence electrons. The number of aromatic amines is 1. The molecule has 0 atom stereocenters. The van der Waals surface area contributed by atoms with Crippen molar-refractivity contribution in [2.75, 3.05) is 18.4 Å². The third-order valence-electron chi connectivity index (χ3n) is 6.66. The molecular formula is C27H25F4N5O. The van der Waals surface area contributed by atoms with Gasteiger partial charge in [0, 0.05) is 11.9 Å². The van der Waals surface area contributed by atoms with E-state index in [9.17, 15) is 22.4 Å². The van der Waals surface area contributed by atoms with Gasteiger partial charge < -0.3 is 5.32 Å². The van der Waals surface area contributed by atoms with E-state index in [1.165, 1.54) is 6.42 Å². The van der Waals surface area contributed by atoms with Gasteiger partial charge in [-0.25, -0.2) is 9.37 Å². The lowest BCUT2D eigenvalue weighted by atomic mass is 9.95. The second kappa shape index (κ2) is 9.93. The van der Waals surface area contributed by atoms with E-state index >= 15 is 0 Å². The summed E-state index contributed by atoms with van der Waals surface area (Å²) in [7, 11) is 0. The Morgan fingerprint density at radius 1 is 1.08 bits per heavy atom. The van der Waals surface area contributed by atoms with Gasteiger partial charge in [-0.3, -0.25) is 14.8 Å². The van der Waals surface area contributed by atoms with Crippen LogP contribution in [-0.2, 0) is 12.7 Å². The first-order valence-corrected chi connectivity index (χ1v) is 12.0. The fourth-order valence-corrected chi connectivity index (χ4v) is 4.68. The minimum atomic E-state index is -4.57. The number of rotatable bonds is 5. The van der Waals surface area contributed by atoms with Crippen molar-refractivity contribution in [3.63, 3.8) is 0 Å². The van der Waals surface area contributed by atoms with Crippen molar-refractivity contribution in [1.82, 2.24) is 20.1 Å². The smallest absolute Gasteiger partial charge is 0.319 e. The first-order valence-electron chi connectivity index (χ1n) is 12.0. The molecule has 2 N–H and O–H groups in total. The minimum Gasteiger partial charge on any atom is -0.319 e. The average Bonchev–Trinajstić information content (AvgIpc) is 3.30. The largest absolute Gasteiger partial charge is 0.433 e. The van der Waals surface area contributed by atoms with Crippen molar-refractivity contribution < 1.29 is 22.4 Å². The second-order valence-corrected chi connectivity index (χ2v) is 9.30. The molecule has 1 amide bonds. The molecule has 0 unspecified atom stereocenters. The number of halogens is 4. The fraction of sp³-hybridized carbons (Fsp3) is 0.296. The molecule has 1 fully saturated rings. The number of likely N-dealkylation sites (tertiary alicyclic amines) is 1. The van der Waals surface area contributed by atoms with Crippen molar-refractivity contribution in [2.45, 2.75) is 38.9 Å². The minimum absolute atomic E-state index is 0.0688. The number of nitrogens with zero attached hydrogens (tertiary/aromatic N) is 3. The summed E-state index contributed by atoms with van der Waals surface area (Å²) in [6.45, 7) is 4.39. The number of carbonyl (C=O) groups excluding carboxylic acids is 1. The second-order valence-electron chi connectivity index (χ2n) is 9.30. The van der Waals surface area contributed by atoms with Crippen LogP contribution in [0.4, 0.5) is 23.2 Å². The topological polar surface area (TPSA) is 73.9 Å². The number of aromatic nitrogens is 3. The van der Waals surface area contributed by atoms with E-state index in [0.717, 1.165) is 61.0 Å². The van der Waals surface area contributed by atoms with Crippen molar-refractivity contribution in [2.24, 2.45) is 0 Å². The summed E-state index contributed by atoms with van der Waals surface area (Å²) >= 11 is 0. The number of amides is 1. The lowest BCUT2D eigenvalue weighted by molar-refractivity contribution is -0.141. The van der Waals surface area contributed by atoms with E-state index in [1.54, 1.807) is 25.1 Å². The van der Waals surface area contributed by atoms with Gasteiger partial charge in [0.1, 0.15) is 11.5 Å². The number of fused-ring (bicyclic) bond motifs is 1. The van der Waals surface area contributed by atoms with Gasteiger partial charge in [0.15, 0.2) is 5.69 Å². The SMILES string of the molecule is Cc1c(F)cc(CN2CCCCC2)cc1-c1ccc2[nH]nc(C(=O)Nc3ccc(C(F)(F)F)nc3)c2c1. The zero-order chi connectivity index (χ0) is 26.2. The number of H-pyrrole nitrogens is 1. The summed E-state index contributed by atoms with van der Waals surface area (Å²) in [5.41, 5.74) is 2.58. The molecule has 5 rings (SSSR count). The Kier molecular flexibility index (Phi) is 6.68. The van der Waals surface area contributed by atoms with Crippen LogP contribution in [-0.4, -0.2) is 39.1 Å². The van der Waals surface area contributed by atoms with Gasteiger partial charge in [0.05, 0.1) is 17.4 Å². The maximum atomic E-state index is 14.9. The molecule has 1 aliphatic heterocycles. The fourth-order valence-electron chi connectivity index (χ4n) is 4.68. The summed E-state index contributed by atoms with van der Waals surface area (Å²) in [4.78, 5) is 18.6. The van der Waals surface area contributed by atoms with Crippen molar-refractivity contribution in [3.8, 4) is 11.1 Å². The Bertz CT molecular complexity index is 1440. The highest BCUT2D eigenvalue weighted by molar-refractivity contribution is 6.11. The van der Waals surface area contributed by atoms with E-state index < -0.39 is 17.8 Å². The summed E-state index contributed by atoms with van der Waals surface area (Å²) in [6.07, 6.45) is -0.113. The molecule has 6 nitrogen and oxygen atoms in total. The molecular weight excluding hydrogens is 486 g/mol. The zero-order valence-corrected chi connectivity index (χ0v) is 20.1. The van der Waals surface area contributed by atoms with Crippen molar-refractivity contribution in [3.05, 3.63) is 77.0 Å². The number of benzene rings is 2. The quantitative estimate of drug-likeness (QED) is 0.307. The van der Waals surface area contributed by atoms with E-state index in [1.807, 2.05) is 12.1 Å². The van der Waals surface area contributed by atoms with Crippen LogP contribution in [0.15, 0.2) is 48.7 Å². The predicted octanol–water partition coefficient (Wildman–Crippen LogP) is 6.33. The molecule has 0 spiro atoms. The Balaban J connectivity index is 1.43. The molecule has 37 heavy (non-hydrogen) atoms. The molecule has 1 saturated heterocycles. The van der Waals surface area contributed by atoms with Crippen LogP contribution < -0.4 is 5.32 Å². The molecule has 0 saturated carbocycles. The third-order valence-corrected chi connectivity index (χ3v) is 6.66. The van der Waals surface area contributed by atoms with Crippen LogP contribution in [0, 0.1) is 12.7 Å². The maximum Gasteiger partial charge on any atom is 0.433 e. The van der Waals surface area contributed by atoms with E-state index in [4.69, 9.17) is 0 Å². The number of hydrogen-bond acceptors (Lipinski definition) is 4. The first-order chi connectivity index (χ1) is 17.7. The van der Waals surface area contributed by atoms with Gasteiger partial charge in [-0.1, -0.05) is 12.5 Å². The summed E-state index contributed by atoms with van der Waals surface area (Å²) in [5, 5.41) is 9.94. The molecule has 0 aliphatic carbocycles. The predicted molar refractivity (Wildman–Crippen MR) is 133 cm³/mol. The third kappa shape index (κ3) is 5.34. The molecule has 4 aromatic rings. The number of carbonyl (C=O) groups is 1. The van der Waals surface area contributed by atoms with E-state index in [-0.39, 0.29) is 17.2 Å². The van der Waals surface area contributed by atoms with Crippen LogP contribution in [0.2, 0.25) is 0 Å². The number of anilines is 1. The molecule has 1 aliphatic rings. The zero-order valence-electron chi connectivity index (χ0n) is 20.1. The van der Waals surface area contributed by atoms with Gasteiger partial charge >= 0.3 is 6.18 Å². The average molecular weight is 512 g/mol. The number of pyridine rings is 1. The normalized spacial score (nSPS) is 14.7. The number of piperidine rings is 1. The summed E-state index contributed by atoms with van der Waals surface area (Å²) in [6, 6.07) is 10.9. The van der Waals surface area contributed by atoms with Gasteiger partial charge in [-0.2, -0.15) is 18.3 Å². The first kappa shape index (κ1) is 24.9. The number of hydrogen-bond donors (Lipinski definition) is 2. The lowest BCUT2D eigenvalue weighted by Crippen LogP contribution is -2.29. The lowest BCUT2D eigenvalue weighted by Gasteiger charge is -2.26. The molecule has 2 aromatic heterocycles. The van der Waals surface area contributed by atoms with Crippen LogP contribution in [0.3, 0.4) is 0 Å². The molecule has 2 aromatic carbocycles. The van der Waals surface area contributed by atoms with Crippen molar-refractivity contribution in [1.29, 1.82) is 0 Å². The van der Waals surface area contributed by atoms with Crippen LogP contribution >= 0.6 is 0 Å². The highest BCUT2D eigenvalue weighted by Gasteiger charge is 2.32. The molecule has 0 bridgehead atoms. The van der Waals surface area contributed by atoms with E-state index in [2.05, 4.69) is 25.4 Å². The number of nitrogens with one attached hydrogen (secondary N) is 2. The molecule has 10 heteroatoms. The Hall–Kier alpha value is -3.79. The Morgan fingerprint density at radius 2 is 1.86 bits per heavy atom. The van der Waals surface area contributed by atoms with Crippen LogP contribution in [0.1, 0.15) is 46.6 Å². The standard InChI is InChI=1S/C27H25F4N5O/c1-16-20(11-17(12-22(16)28)15-36-9-3-2-4-10-36)18-5-7-23-21(13-18)25(35-34-23)26(37)33-19-6-8-24(32-14-19)27(29,30)31/h5-8,11-14H,2-4,9-10,15H2,1H3,(H,33,37)(H,34,35). The number of alkyl halides is 3. The Labute approximate surface area is 210 Å². The van der Waals surface area contributed by atoms with Gasteiger partial charge in [-0.15, -0.1) is 0 Å². The van der Waals surface area contributed by atoms with Gasteiger partial charge in [0.25, 0.3) is 5.91 Å². The van der Waals surface area contributed by atoms with Crippen molar-refractivity contribution >= 4 is 22.5 Å². The summed E-state index contributed by atoms with van der Waals surface area (Å²) in [5.74, 6) is -0.892. The maximum absolute atomic E-state index is 14.9. The van der Waals surface area contributed by atoms with Gasteiger partial charge in [0.2, 0.25) is 0 Å². The molecule has 3 heterocycles. The molecule has 0 radical (unpaired) electrons. The van der Waals surface area contributed by atoms with Crippen LogP contribution in [0.25, 0.3) is 22.0 Å². The Morgan fingerprint density at radius 3 is 2.57 bits per heavy atom.